The SMILES string of the molecule is Cc1ncoc1C(=O)Nc1ccc(C(=O)O)cc1Br. The predicted octanol–water partition coefficient (Wildman–Crippen LogP) is 2.70. The van der Waals surface area contributed by atoms with Crippen molar-refractivity contribution in [1.29, 1.82) is 0 Å². The maximum absolute atomic E-state index is 11.9. The number of anilines is 1. The fourth-order valence-electron chi connectivity index (χ4n) is 1.45. The van der Waals surface area contributed by atoms with Crippen LogP contribution in [0.25, 0.3) is 0 Å². The Morgan fingerprint density at radius 2 is 2.16 bits per heavy atom. The number of carboxylic acids is 1. The van der Waals surface area contributed by atoms with E-state index in [0.29, 0.717) is 15.9 Å². The van der Waals surface area contributed by atoms with E-state index in [0.717, 1.165) is 0 Å². The summed E-state index contributed by atoms with van der Waals surface area (Å²) in [5.74, 6) is -1.36. The van der Waals surface area contributed by atoms with Crippen molar-refractivity contribution < 1.29 is 19.1 Å². The second kappa shape index (κ2) is 5.23. The summed E-state index contributed by atoms with van der Waals surface area (Å²) in [7, 11) is 0. The van der Waals surface area contributed by atoms with Crippen LogP contribution in [0.1, 0.15) is 26.6 Å². The molecule has 98 valence electrons. The van der Waals surface area contributed by atoms with Crippen LogP contribution in [0.4, 0.5) is 5.69 Å². The monoisotopic (exact) mass is 324 g/mol. The topological polar surface area (TPSA) is 92.4 Å². The number of hydrogen-bond donors (Lipinski definition) is 2. The van der Waals surface area contributed by atoms with Gasteiger partial charge >= 0.3 is 5.97 Å². The first-order chi connectivity index (χ1) is 8.99. The summed E-state index contributed by atoms with van der Waals surface area (Å²) in [4.78, 5) is 26.5. The molecule has 1 aromatic heterocycles. The molecule has 0 spiro atoms. The third kappa shape index (κ3) is 2.82. The van der Waals surface area contributed by atoms with Gasteiger partial charge in [-0.1, -0.05) is 0 Å². The average molecular weight is 325 g/mol. The van der Waals surface area contributed by atoms with Crippen molar-refractivity contribution in [3.8, 4) is 0 Å². The Labute approximate surface area is 116 Å². The van der Waals surface area contributed by atoms with E-state index in [2.05, 4.69) is 26.2 Å². The Morgan fingerprint density at radius 1 is 1.42 bits per heavy atom. The molecule has 1 aromatic carbocycles. The first kappa shape index (κ1) is 13.3. The highest BCUT2D eigenvalue weighted by Crippen LogP contribution is 2.24. The highest BCUT2D eigenvalue weighted by molar-refractivity contribution is 9.10. The van der Waals surface area contributed by atoms with Crippen LogP contribution in [0.5, 0.6) is 0 Å². The van der Waals surface area contributed by atoms with Crippen LogP contribution in [0.15, 0.2) is 33.5 Å². The van der Waals surface area contributed by atoms with Crippen molar-refractivity contribution in [3.63, 3.8) is 0 Å². The number of aromatic carboxylic acids is 1. The Kier molecular flexibility index (Phi) is 3.66. The number of halogens is 1. The van der Waals surface area contributed by atoms with Crippen molar-refractivity contribution in [2.45, 2.75) is 6.92 Å². The van der Waals surface area contributed by atoms with Gasteiger partial charge in [0, 0.05) is 4.47 Å². The number of hydrogen-bond acceptors (Lipinski definition) is 4. The molecule has 0 aliphatic heterocycles. The molecule has 0 atom stereocenters. The maximum atomic E-state index is 11.9. The molecule has 0 saturated heterocycles. The predicted molar refractivity (Wildman–Crippen MR) is 70.3 cm³/mol. The van der Waals surface area contributed by atoms with Gasteiger partial charge in [0.15, 0.2) is 6.39 Å². The Morgan fingerprint density at radius 3 is 2.68 bits per heavy atom. The number of aryl methyl sites for hydroxylation is 1. The molecular weight excluding hydrogens is 316 g/mol. The van der Waals surface area contributed by atoms with E-state index in [-0.39, 0.29) is 11.3 Å². The first-order valence-electron chi connectivity index (χ1n) is 5.23. The molecule has 0 unspecified atom stereocenters. The van der Waals surface area contributed by atoms with Gasteiger partial charge in [0.25, 0.3) is 5.91 Å². The van der Waals surface area contributed by atoms with Crippen molar-refractivity contribution >= 4 is 33.5 Å². The van der Waals surface area contributed by atoms with Crippen molar-refractivity contribution in [2.24, 2.45) is 0 Å². The van der Waals surface area contributed by atoms with Gasteiger partial charge in [-0.05, 0) is 41.1 Å². The lowest BCUT2D eigenvalue weighted by molar-refractivity contribution is 0.0696. The maximum Gasteiger partial charge on any atom is 0.335 e. The summed E-state index contributed by atoms with van der Waals surface area (Å²) in [6.45, 7) is 1.65. The summed E-state index contributed by atoms with van der Waals surface area (Å²) in [6, 6.07) is 4.30. The van der Waals surface area contributed by atoms with Crippen LogP contribution in [-0.4, -0.2) is 22.0 Å². The third-order valence-electron chi connectivity index (χ3n) is 2.42. The fraction of sp³-hybridized carbons (Fsp3) is 0.0833. The quantitative estimate of drug-likeness (QED) is 0.905. The van der Waals surface area contributed by atoms with Crippen molar-refractivity contribution in [3.05, 3.63) is 46.1 Å². The lowest BCUT2D eigenvalue weighted by Gasteiger charge is -2.06. The minimum Gasteiger partial charge on any atom is -0.478 e. The number of benzene rings is 1. The lowest BCUT2D eigenvalue weighted by Crippen LogP contribution is -2.13. The molecular formula is C12H9BrN2O4. The molecule has 0 radical (unpaired) electrons. The standard InChI is InChI=1S/C12H9BrN2O4/c1-6-10(19-5-14-6)11(16)15-9-3-2-7(12(17)18)4-8(9)13/h2-5H,1H3,(H,15,16)(H,17,18). The second-order valence-electron chi connectivity index (χ2n) is 3.72. The largest absolute Gasteiger partial charge is 0.478 e. The Balaban J connectivity index is 2.23. The van der Waals surface area contributed by atoms with Crippen LogP contribution in [0, 0.1) is 6.92 Å². The molecule has 7 heteroatoms. The van der Waals surface area contributed by atoms with E-state index < -0.39 is 11.9 Å². The number of aromatic nitrogens is 1. The first-order valence-corrected chi connectivity index (χ1v) is 6.02. The fourth-order valence-corrected chi connectivity index (χ4v) is 1.93. The molecule has 0 bridgehead atoms. The van der Waals surface area contributed by atoms with Gasteiger partial charge in [-0.3, -0.25) is 4.79 Å². The van der Waals surface area contributed by atoms with Crippen molar-refractivity contribution in [1.82, 2.24) is 4.98 Å². The van der Waals surface area contributed by atoms with E-state index in [1.165, 1.54) is 24.6 Å². The van der Waals surface area contributed by atoms with Crippen molar-refractivity contribution in [2.75, 3.05) is 5.32 Å². The van der Waals surface area contributed by atoms with Crippen LogP contribution in [0.3, 0.4) is 0 Å². The van der Waals surface area contributed by atoms with Crippen LogP contribution in [-0.2, 0) is 0 Å². The van der Waals surface area contributed by atoms with E-state index in [1.54, 1.807) is 6.92 Å². The van der Waals surface area contributed by atoms with E-state index in [4.69, 9.17) is 9.52 Å². The van der Waals surface area contributed by atoms with Gasteiger partial charge < -0.3 is 14.8 Å². The van der Waals surface area contributed by atoms with Crippen LogP contribution >= 0.6 is 15.9 Å². The van der Waals surface area contributed by atoms with E-state index in [9.17, 15) is 9.59 Å². The van der Waals surface area contributed by atoms with Gasteiger partial charge in [-0.25, -0.2) is 9.78 Å². The number of oxazole rings is 1. The zero-order valence-corrected chi connectivity index (χ0v) is 11.4. The summed E-state index contributed by atoms with van der Waals surface area (Å²) in [6.07, 6.45) is 1.19. The zero-order chi connectivity index (χ0) is 14.0. The Bertz CT molecular complexity index is 651. The summed E-state index contributed by atoms with van der Waals surface area (Å²) in [5.41, 5.74) is 1.06. The molecule has 0 saturated carbocycles. The van der Waals surface area contributed by atoms with Gasteiger partial charge in [-0.15, -0.1) is 0 Å². The summed E-state index contributed by atoms with van der Waals surface area (Å²) < 4.78 is 5.44. The minimum atomic E-state index is -1.04. The molecule has 6 nitrogen and oxygen atoms in total. The highest BCUT2D eigenvalue weighted by atomic mass is 79.9. The number of carbonyl (C=O) groups excluding carboxylic acids is 1. The smallest absolute Gasteiger partial charge is 0.335 e. The van der Waals surface area contributed by atoms with Crippen LogP contribution in [0.2, 0.25) is 0 Å². The van der Waals surface area contributed by atoms with E-state index >= 15 is 0 Å². The highest BCUT2D eigenvalue weighted by Gasteiger charge is 2.15. The van der Waals surface area contributed by atoms with Gasteiger partial charge in [0.1, 0.15) is 0 Å². The second-order valence-corrected chi connectivity index (χ2v) is 4.58. The lowest BCUT2D eigenvalue weighted by atomic mass is 10.2. The number of amides is 1. The molecule has 1 heterocycles. The number of rotatable bonds is 3. The van der Waals surface area contributed by atoms with Gasteiger partial charge in [0.05, 0.1) is 16.9 Å². The van der Waals surface area contributed by atoms with Gasteiger partial charge in [-0.2, -0.15) is 0 Å². The molecule has 2 aromatic rings. The molecule has 0 aliphatic carbocycles. The third-order valence-corrected chi connectivity index (χ3v) is 3.07. The number of carbonyl (C=O) groups is 2. The average Bonchev–Trinajstić information content (AvgIpc) is 2.77. The van der Waals surface area contributed by atoms with Crippen LogP contribution < -0.4 is 5.32 Å². The Hall–Kier alpha value is -2.15. The number of carboxylic acid groups (broad SMARTS) is 1. The summed E-state index contributed by atoms with van der Waals surface area (Å²) >= 11 is 3.20. The summed E-state index contributed by atoms with van der Waals surface area (Å²) in [5, 5.41) is 11.4. The minimum absolute atomic E-state index is 0.120. The zero-order valence-electron chi connectivity index (χ0n) is 9.81. The molecule has 0 fully saturated rings. The normalized spacial score (nSPS) is 10.2. The van der Waals surface area contributed by atoms with E-state index in [1.807, 2.05) is 0 Å². The molecule has 2 rings (SSSR count). The molecule has 19 heavy (non-hydrogen) atoms. The molecule has 1 amide bonds. The number of nitrogens with one attached hydrogen (secondary N) is 1. The molecule has 2 N–H and O–H groups in total. The molecule has 0 aliphatic rings. The number of nitrogens with zero attached hydrogens (tertiary/aromatic N) is 1. The van der Waals surface area contributed by atoms with Gasteiger partial charge in [0.2, 0.25) is 5.76 Å².